The Hall–Kier alpha value is -1.59. The first-order valence-corrected chi connectivity index (χ1v) is 9.88. The van der Waals surface area contributed by atoms with Crippen molar-refractivity contribution in [2.45, 2.75) is 45.3 Å². The van der Waals surface area contributed by atoms with Gasteiger partial charge >= 0.3 is 0 Å². The Kier molecular flexibility index (Phi) is 5.97. The van der Waals surface area contributed by atoms with Crippen LogP contribution in [-0.4, -0.2) is 28.9 Å². The fourth-order valence-corrected chi connectivity index (χ4v) is 3.93. The van der Waals surface area contributed by atoms with Gasteiger partial charge in [0, 0.05) is 23.5 Å². The van der Waals surface area contributed by atoms with E-state index in [4.69, 9.17) is 16.3 Å². The summed E-state index contributed by atoms with van der Waals surface area (Å²) in [5.41, 5.74) is 0.515. The van der Waals surface area contributed by atoms with Crippen LogP contribution >= 0.6 is 22.9 Å². The number of hydrogen-bond acceptors (Lipinski definition) is 4. The molecule has 1 aliphatic rings. The highest BCUT2D eigenvalue weighted by Gasteiger charge is 2.26. The third-order valence-electron chi connectivity index (χ3n) is 4.80. The Labute approximate surface area is 157 Å². The van der Waals surface area contributed by atoms with Gasteiger partial charge in [-0.15, -0.1) is 11.3 Å². The van der Waals surface area contributed by atoms with Crippen molar-refractivity contribution in [3.05, 3.63) is 45.4 Å². The van der Waals surface area contributed by atoms with Crippen LogP contribution in [0.1, 0.15) is 48.1 Å². The van der Waals surface area contributed by atoms with Crippen molar-refractivity contribution in [2.75, 3.05) is 7.05 Å². The zero-order valence-electron chi connectivity index (χ0n) is 14.6. The summed E-state index contributed by atoms with van der Waals surface area (Å²) in [6, 6.07) is 7.54. The topological polar surface area (TPSA) is 42.4 Å². The molecule has 0 N–H and O–H groups in total. The fourth-order valence-electron chi connectivity index (χ4n) is 3.13. The van der Waals surface area contributed by atoms with Gasteiger partial charge in [0.1, 0.15) is 23.1 Å². The maximum Gasteiger partial charge on any atom is 0.273 e. The minimum absolute atomic E-state index is 0.00791. The molecule has 6 heteroatoms. The summed E-state index contributed by atoms with van der Waals surface area (Å²) in [4.78, 5) is 19.0. The van der Waals surface area contributed by atoms with Gasteiger partial charge < -0.3 is 9.64 Å². The minimum Gasteiger partial charge on any atom is -0.486 e. The van der Waals surface area contributed by atoms with Crippen molar-refractivity contribution in [1.29, 1.82) is 0 Å². The summed E-state index contributed by atoms with van der Waals surface area (Å²) in [7, 11) is 1.90. The Morgan fingerprint density at radius 3 is 2.64 bits per heavy atom. The predicted molar refractivity (Wildman–Crippen MR) is 101 cm³/mol. The molecule has 1 saturated carbocycles. The van der Waals surface area contributed by atoms with Crippen molar-refractivity contribution in [3.8, 4) is 5.75 Å². The standard InChI is InChI=1S/C19H23ClN2O2S/c1-13-3-7-15(8-4-13)22(2)19(23)17-12-25-18(21-17)11-24-16-9-5-14(20)6-10-16/h5-6,9-10,12-13,15H,3-4,7-8,11H2,1-2H3. The summed E-state index contributed by atoms with van der Waals surface area (Å²) in [6.45, 7) is 2.63. The SMILES string of the molecule is CC1CCC(N(C)C(=O)c2csc(COc3ccc(Cl)cc3)n2)CC1. The normalized spacial score (nSPS) is 20.3. The summed E-state index contributed by atoms with van der Waals surface area (Å²) >= 11 is 7.32. The number of amides is 1. The molecular formula is C19H23ClN2O2S. The number of thiazole rings is 1. The quantitative estimate of drug-likeness (QED) is 0.733. The van der Waals surface area contributed by atoms with Crippen LogP contribution in [0.4, 0.5) is 0 Å². The zero-order chi connectivity index (χ0) is 17.8. The highest BCUT2D eigenvalue weighted by atomic mass is 35.5. The van der Waals surface area contributed by atoms with Crippen molar-refractivity contribution in [3.63, 3.8) is 0 Å². The average molecular weight is 379 g/mol. The molecule has 4 nitrogen and oxygen atoms in total. The van der Waals surface area contributed by atoms with Crippen LogP contribution in [0.25, 0.3) is 0 Å². The Morgan fingerprint density at radius 1 is 1.28 bits per heavy atom. The first kappa shape index (κ1) is 18.2. The molecule has 1 heterocycles. The maximum absolute atomic E-state index is 12.7. The van der Waals surface area contributed by atoms with Gasteiger partial charge in [-0.1, -0.05) is 18.5 Å². The lowest BCUT2D eigenvalue weighted by Crippen LogP contribution is -2.39. The summed E-state index contributed by atoms with van der Waals surface area (Å²) in [5.74, 6) is 1.52. The minimum atomic E-state index is 0.00791. The van der Waals surface area contributed by atoms with Crippen LogP contribution in [0, 0.1) is 5.92 Å². The number of rotatable bonds is 5. The van der Waals surface area contributed by atoms with E-state index in [1.54, 1.807) is 12.1 Å². The lowest BCUT2D eigenvalue weighted by molar-refractivity contribution is 0.0674. The van der Waals surface area contributed by atoms with Crippen LogP contribution in [0.2, 0.25) is 5.02 Å². The Morgan fingerprint density at radius 2 is 1.96 bits per heavy atom. The molecule has 1 aliphatic carbocycles. The van der Waals surface area contributed by atoms with Gasteiger partial charge in [0.2, 0.25) is 0 Å². The molecule has 3 rings (SSSR count). The number of carbonyl (C=O) groups is 1. The molecule has 1 aromatic heterocycles. The molecule has 0 radical (unpaired) electrons. The molecule has 134 valence electrons. The molecule has 1 fully saturated rings. The van der Waals surface area contributed by atoms with Crippen LogP contribution in [0.15, 0.2) is 29.6 Å². The number of benzene rings is 1. The molecule has 0 unspecified atom stereocenters. The molecule has 1 amide bonds. The van der Waals surface area contributed by atoms with E-state index >= 15 is 0 Å². The molecule has 25 heavy (non-hydrogen) atoms. The predicted octanol–water partition coefficient (Wildman–Crippen LogP) is 5.03. The molecule has 0 spiro atoms. The van der Waals surface area contributed by atoms with E-state index in [9.17, 15) is 4.79 Å². The van der Waals surface area contributed by atoms with E-state index in [0.717, 1.165) is 29.5 Å². The van der Waals surface area contributed by atoms with Gasteiger partial charge in [-0.3, -0.25) is 4.79 Å². The number of carbonyl (C=O) groups excluding carboxylic acids is 1. The van der Waals surface area contributed by atoms with Gasteiger partial charge in [-0.05, 0) is 55.9 Å². The van der Waals surface area contributed by atoms with Gasteiger partial charge in [0.15, 0.2) is 0 Å². The van der Waals surface area contributed by atoms with Crippen LogP contribution in [-0.2, 0) is 6.61 Å². The van der Waals surface area contributed by atoms with E-state index in [2.05, 4.69) is 11.9 Å². The van der Waals surface area contributed by atoms with Crippen molar-refractivity contribution < 1.29 is 9.53 Å². The number of hydrogen-bond donors (Lipinski definition) is 0. The molecule has 0 aliphatic heterocycles. The highest BCUT2D eigenvalue weighted by Crippen LogP contribution is 2.27. The largest absolute Gasteiger partial charge is 0.486 e. The molecular weight excluding hydrogens is 356 g/mol. The smallest absolute Gasteiger partial charge is 0.273 e. The molecule has 1 aromatic carbocycles. The second kappa shape index (κ2) is 8.19. The van der Waals surface area contributed by atoms with Gasteiger partial charge in [-0.25, -0.2) is 4.98 Å². The zero-order valence-corrected chi connectivity index (χ0v) is 16.1. The van der Waals surface area contributed by atoms with Crippen LogP contribution in [0.3, 0.4) is 0 Å². The Balaban J connectivity index is 1.56. The van der Waals surface area contributed by atoms with Crippen molar-refractivity contribution in [2.24, 2.45) is 5.92 Å². The number of aromatic nitrogens is 1. The van der Waals surface area contributed by atoms with Crippen molar-refractivity contribution >= 4 is 28.8 Å². The highest BCUT2D eigenvalue weighted by molar-refractivity contribution is 7.09. The summed E-state index contributed by atoms with van der Waals surface area (Å²) in [5, 5.41) is 3.30. The molecule has 0 bridgehead atoms. The van der Waals surface area contributed by atoms with Gasteiger partial charge in [-0.2, -0.15) is 0 Å². The second-order valence-corrected chi connectivity index (χ2v) is 8.08. The van der Waals surface area contributed by atoms with E-state index in [1.807, 2.05) is 29.5 Å². The van der Waals surface area contributed by atoms with E-state index in [-0.39, 0.29) is 5.91 Å². The lowest BCUT2D eigenvalue weighted by atomic mass is 9.87. The fraction of sp³-hybridized carbons (Fsp3) is 0.474. The monoisotopic (exact) mass is 378 g/mol. The van der Waals surface area contributed by atoms with E-state index < -0.39 is 0 Å². The molecule has 0 saturated heterocycles. The Bertz CT molecular complexity index is 708. The summed E-state index contributed by atoms with van der Waals surface area (Å²) < 4.78 is 5.69. The van der Waals surface area contributed by atoms with E-state index in [0.29, 0.717) is 23.4 Å². The third-order valence-corrected chi connectivity index (χ3v) is 5.87. The first-order chi connectivity index (χ1) is 12.0. The van der Waals surface area contributed by atoms with Crippen LogP contribution < -0.4 is 4.74 Å². The lowest BCUT2D eigenvalue weighted by Gasteiger charge is -2.33. The van der Waals surface area contributed by atoms with Gasteiger partial charge in [0.25, 0.3) is 5.91 Å². The van der Waals surface area contributed by atoms with Gasteiger partial charge in [0.05, 0.1) is 0 Å². The van der Waals surface area contributed by atoms with E-state index in [1.165, 1.54) is 24.2 Å². The average Bonchev–Trinajstić information content (AvgIpc) is 3.10. The van der Waals surface area contributed by atoms with Crippen molar-refractivity contribution in [1.82, 2.24) is 9.88 Å². The first-order valence-electron chi connectivity index (χ1n) is 8.63. The summed E-state index contributed by atoms with van der Waals surface area (Å²) in [6.07, 6.45) is 4.55. The number of nitrogens with zero attached hydrogens (tertiary/aromatic N) is 2. The second-order valence-electron chi connectivity index (χ2n) is 6.70. The molecule has 0 atom stereocenters. The number of halogens is 1. The van der Waals surface area contributed by atoms with Crippen LogP contribution in [0.5, 0.6) is 5.75 Å². The molecule has 2 aromatic rings. The maximum atomic E-state index is 12.7. The third kappa shape index (κ3) is 4.73. The number of ether oxygens (including phenoxy) is 1.